The average Bonchev–Trinajstić information content (AvgIpc) is 3.69. The van der Waals surface area contributed by atoms with Crippen LogP contribution in [0.4, 0.5) is 14.9 Å². The summed E-state index contributed by atoms with van der Waals surface area (Å²) in [5.74, 6) is -0.802. The van der Waals surface area contributed by atoms with Crippen LogP contribution in [0.25, 0.3) is 0 Å². The van der Waals surface area contributed by atoms with Gasteiger partial charge in [-0.15, -0.1) is 0 Å². The topological polar surface area (TPSA) is 106 Å². The molecule has 11 heteroatoms. The van der Waals surface area contributed by atoms with Crippen molar-refractivity contribution in [1.82, 2.24) is 10.2 Å². The number of carbonyl (C=O) groups is 2. The Morgan fingerprint density at radius 3 is 2.58 bits per heavy atom. The van der Waals surface area contributed by atoms with Crippen LogP contribution in [-0.2, 0) is 19.8 Å². The lowest BCUT2D eigenvalue weighted by Gasteiger charge is -2.37. The molecule has 2 aliphatic carbocycles. The van der Waals surface area contributed by atoms with Gasteiger partial charge in [0.1, 0.15) is 22.9 Å². The van der Waals surface area contributed by atoms with Crippen LogP contribution in [0.1, 0.15) is 52.5 Å². The molecule has 0 bridgehead atoms. The number of hydrogen-bond acceptors (Lipinski definition) is 7. The van der Waals surface area contributed by atoms with E-state index in [0.29, 0.717) is 24.3 Å². The molecule has 3 aliphatic rings. The van der Waals surface area contributed by atoms with Gasteiger partial charge in [0.15, 0.2) is 5.17 Å². The first kappa shape index (κ1) is 28.9. The third-order valence-corrected chi connectivity index (χ3v) is 10.3. The number of nitrogens with two attached hydrogens (primary N) is 1. The van der Waals surface area contributed by atoms with Gasteiger partial charge in [-0.1, -0.05) is 31.4 Å². The van der Waals surface area contributed by atoms with Gasteiger partial charge in [-0.05, 0) is 71.2 Å². The molecular formula is C27H41FN4O4SSi. The Bertz CT molecular complexity index is 1130. The van der Waals surface area contributed by atoms with Crippen LogP contribution in [0.2, 0.25) is 25.7 Å². The van der Waals surface area contributed by atoms with Gasteiger partial charge < -0.3 is 20.5 Å². The predicted octanol–water partition coefficient (Wildman–Crippen LogP) is 5.31. The molecule has 3 N–H and O–H groups in total. The Morgan fingerprint density at radius 2 is 1.97 bits per heavy atom. The second-order valence-corrected chi connectivity index (χ2v) is 20.0. The van der Waals surface area contributed by atoms with E-state index >= 15 is 4.39 Å². The van der Waals surface area contributed by atoms with Crippen LogP contribution in [0.3, 0.4) is 0 Å². The molecule has 0 unspecified atom stereocenters. The number of anilines is 1. The maximum Gasteiger partial charge on any atom is 0.418 e. The number of ether oxygens (including phenoxy) is 2. The Hall–Kier alpha value is -2.11. The molecule has 2 saturated carbocycles. The molecule has 2 amide bonds. The first-order valence-electron chi connectivity index (χ1n) is 13.3. The first-order valence-corrected chi connectivity index (χ1v) is 17.8. The molecule has 38 heavy (non-hydrogen) atoms. The zero-order valence-corrected chi connectivity index (χ0v) is 25.3. The van der Waals surface area contributed by atoms with Crippen LogP contribution in [-0.4, -0.2) is 59.9 Å². The largest absolute Gasteiger partial charge is 0.443 e. The molecule has 4 rings (SSSR count). The monoisotopic (exact) mass is 564 g/mol. The highest BCUT2D eigenvalue weighted by Gasteiger charge is 2.71. The third-order valence-electron chi connectivity index (χ3n) is 7.08. The molecule has 0 aromatic heterocycles. The van der Waals surface area contributed by atoms with Crippen LogP contribution < -0.4 is 11.1 Å². The van der Waals surface area contributed by atoms with Crippen molar-refractivity contribution in [3.05, 3.63) is 29.6 Å². The van der Waals surface area contributed by atoms with E-state index in [0.717, 1.165) is 18.9 Å². The molecule has 1 aliphatic heterocycles. The lowest BCUT2D eigenvalue weighted by atomic mass is 9.85. The Balaban J connectivity index is 1.72. The maximum atomic E-state index is 15.2. The summed E-state index contributed by atoms with van der Waals surface area (Å²) in [5.41, 5.74) is 4.90. The lowest BCUT2D eigenvalue weighted by molar-refractivity contribution is -0.121. The molecule has 210 valence electrons. The van der Waals surface area contributed by atoms with Crippen molar-refractivity contribution in [3.63, 3.8) is 0 Å². The fraction of sp³-hybridized carbons (Fsp3) is 0.667. The minimum absolute atomic E-state index is 0.0777. The van der Waals surface area contributed by atoms with Crippen LogP contribution in [0, 0.1) is 11.7 Å². The maximum absolute atomic E-state index is 15.2. The van der Waals surface area contributed by atoms with Crippen molar-refractivity contribution in [1.29, 1.82) is 0 Å². The summed E-state index contributed by atoms with van der Waals surface area (Å²) in [5, 5.41) is 3.41. The highest BCUT2D eigenvalue weighted by atomic mass is 32.2. The minimum atomic E-state index is -1.36. The molecule has 0 saturated heterocycles. The van der Waals surface area contributed by atoms with Gasteiger partial charge in [-0.3, -0.25) is 9.79 Å². The van der Waals surface area contributed by atoms with E-state index in [9.17, 15) is 9.59 Å². The van der Waals surface area contributed by atoms with Gasteiger partial charge in [0, 0.05) is 37.9 Å². The first-order chi connectivity index (χ1) is 17.5. The molecule has 1 heterocycles. The average molecular weight is 565 g/mol. The normalized spacial score (nSPS) is 26.7. The highest BCUT2D eigenvalue weighted by Crippen LogP contribution is 2.67. The van der Waals surface area contributed by atoms with Crippen molar-refractivity contribution in [2.24, 2.45) is 10.9 Å². The number of carbonyl (C=O) groups excluding carboxylic acids is 2. The fourth-order valence-corrected chi connectivity index (χ4v) is 6.96. The number of nitrogens with one attached hydrogen (secondary N) is 1. The summed E-state index contributed by atoms with van der Waals surface area (Å²) in [7, 11) is -1.36. The van der Waals surface area contributed by atoms with Crippen LogP contribution in [0.15, 0.2) is 23.2 Å². The zero-order chi connectivity index (χ0) is 28.1. The van der Waals surface area contributed by atoms with Gasteiger partial charge in [0.05, 0.1) is 5.54 Å². The molecule has 0 radical (unpaired) electrons. The van der Waals surface area contributed by atoms with E-state index in [2.05, 4.69) is 25.0 Å². The number of benzene rings is 1. The summed E-state index contributed by atoms with van der Waals surface area (Å²) >= 11 is 1.26. The number of aliphatic imine (C=N–C) groups is 1. The number of halogens is 1. The summed E-state index contributed by atoms with van der Waals surface area (Å²) in [6, 6.07) is 5.51. The van der Waals surface area contributed by atoms with E-state index in [-0.39, 0.29) is 29.8 Å². The van der Waals surface area contributed by atoms with Crippen molar-refractivity contribution >= 4 is 42.7 Å². The summed E-state index contributed by atoms with van der Waals surface area (Å²) < 4.78 is 26.1. The number of amides is 2. The number of rotatable bonds is 8. The van der Waals surface area contributed by atoms with Crippen molar-refractivity contribution in [2.75, 3.05) is 19.1 Å². The smallest absolute Gasteiger partial charge is 0.418 e. The molecule has 2 fully saturated rings. The van der Waals surface area contributed by atoms with E-state index in [1.165, 1.54) is 28.8 Å². The number of hydrogen-bond donors (Lipinski definition) is 2. The van der Waals surface area contributed by atoms with Gasteiger partial charge in [0.25, 0.3) is 0 Å². The molecule has 8 nitrogen and oxygen atoms in total. The van der Waals surface area contributed by atoms with E-state index in [1.54, 1.807) is 26.8 Å². The van der Waals surface area contributed by atoms with E-state index in [4.69, 9.17) is 20.2 Å². The van der Waals surface area contributed by atoms with E-state index in [1.807, 2.05) is 6.92 Å². The summed E-state index contributed by atoms with van der Waals surface area (Å²) in [6.45, 7) is 14.4. The van der Waals surface area contributed by atoms with Crippen LogP contribution in [0.5, 0.6) is 0 Å². The molecule has 3 atom stereocenters. The number of nitrogen functional groups attached to an aromatic ring is 1. The Labute approximate surface area is 230 Å². The fourth-order valence-electron chi connectivity index (χ4n) is 4.64. The minimum Gasteiger partial charge on any atom is -0.443 e. The van der Waals surface area contributed by atoms with Gasteiger partial charge >= 0.3 is 6.09 Å². The number of nitrogens with zero attached hydrogens (tertiary/aromatic N) is 2. The molecule has 1 aromatic carbocycles. The van der Waals surface area contributed by atoms with Crippen molar-refractivity contribution in [3.8, 4) is 0 Å². The van der Waals surface area contributed by atoms with Crippen LogP contribution >= 0.6 is 11.8 Å². The number of amidine groups is 1. The third kappa shape index (κ3) is 6.36. The molecular weight excluding hydrogens is 523 g/mol. The Kier molecular flexibility index (Phi) is 7.70. The van der Waals surface area contributed by atoms with Gasteiger partial charge in [0.2, 0.25) is 5.91 Å². The standard InChI is InChI=1S/C27H41FN4O4SSi/c1-25(2,3)36-24(34)32(16-35-12-13-38(5,6)7)23-31-26(4,19-14-17(29)8-11-20(19)28)21-15-27(21,37-23)22(33)30-18-9-10-18/h8,11,14,18,21H,9-10,12-13,15-16,29H2,1-7H3,(H,30,33)/t21-,26+,27-/m0/s1. The highest BCUT2D eigenvalue weighted by molar-refractivity contribution is 8.16. The van der Waals surface area contributed by atoms with Gasteiger partial charge in [-0.25, -0.2) is 14.1 Å². The quantitative estimate of drug-likeness (QED) is 0.192. The second-order valence-electron chi connectivity index (χ2n) is 13.0. The SMILES string of the molecule is CC(C)(C)OC(=O)N(COCC[Si](C)(C)C)C1=N[C@](C)(c2cc(N)ccc2F)[C@@H]2C[C@]2(C(=O)NC2CC2)S1. The summed E-state index contributed by atoms with van der Waals surface area (Å²) in [4.78, 5) is 33.3. The Morgan fingerprint density at radius 1 is 1.29 bits per heavy atom. The lowest BCUT2D eigenvalue weighted by Crippen LogP contribution is -2.49. The van der Waals surface area contributed by atoms with Crippen molar-refractivity contribution in [2.45, 2.75) is 94.6 Å². The number of fused-ring (bicyclic) bond motifs is 1. The predicted molar refractivity (Wildman–Crippen MR) is 152 cm³/mol. The molecule has 1 aromatic rings. The van der Waals surface area contributed by atoms with Gasteiger partial charge in [-0.2, -0.15) is 0 Å². The second kappa shape index (κ2) is 10.1. The van der Waals surface area contributed by atoms with Crippen molar-refractivity contribution < 1.29 is 23.5 Å². The molecule has 0 spiro atoms. The van der Waals surface area contributed by atoms with E-state index < -0.39 is 35.9 Å². The zero-order valence-electron chi connectivity index (χ0n) is 23.5. The summed E-state index contributed by atoms with van der Waals surface area (Å²) in [6.07, 6.45) is 1.79. The number of thioether (sulfide) groups is 1.